The van der Waals surface area contributed by atoms with Gasteiger partial charge in [-0.05, 0) is 31.2 Å². The molecule has 9 heteroatoms. The molecular weight excluding hydrogens is 384 g/mol. The molecule has 28 heavy (non-hydrogen) atoms. The van der Waals surface area contributed by atoms with Crippen molar-refractivity contribution in [2.45, 2.75) is 18.2 Å². The second-order valence-corrected chi connectivity index (χ2v) is 7.91. The minimum absolute atomic E-state index is 0.0209. The first-order valence-electron chi connectivity index (χ1n) is 8.65. The van der Waals surface area contributed by atoms with E-state index < -0.39 is 10.0 Å². The Kier molecular flexibility index (Phi) is 5.96. The number of Topliss-reactive ketones (excluding diaryl/α,β-unsaturated/α-hetero) is 1. The number of ether oxygens (including phenoxy) is 2. The molecular formula is C19H20N2O6S. The number of hydrogen-bond donors (Lipinski definition) is 2. The van der Waals surface area contributed by atoms with Gasteiger partial charge in [0.1, 0.15) is 13.2 Å². The van der Waals surface area contributed by atoms with Gasteiger partial charge in [-0.3, -0.25) is 9.59 Å². The van der Waals surface area contributed by atoms with Crippen LogP contribution >= 0.6 is 0 Å². The van der Waals surface area contributed by atoms with Crippen molar-refractivity contribution in [1.29, 1.82) is 0 Å². The molecule has 2 N–H and O–H groups in total. The molecule has 8 nitrogen and oxygen atoms in total. The van der Waals surface area contributed by atoms with Crippen LogP contribution in [-0.4, -0.2) is 39.9 Å². The number of sulfonamides is 1. The largest absolute Gasteiger partial charge is 0.486 e. The van der Waals surface area contributed by atoms with Crippen LogP contribution in [0.2, 0.25) is 0 Å². The van der Waals surface area contributed by atoms with Gasteiger partial charge in [-0.15, -0.1) is 0 Å². The topological polar surface area (TPSA) is 111 Å². The number of carbonyl (C=O) groups excluding carboxylic acids is 2. The molecule has 1 aliphatic rings. The van der Waals surface area contributed by atoms with Crippen LogP contribution in [0.5, 0.6) is 11.5 Å². The first-order chi connectivity index (χ1) is 13.3. The molecule has 0 saturated carbocycles. The fourth-order valence-corrected chi connectivity index (χ4v) is 3.69. The Morgan fingerprint density at radius 2 is 1.79 bits per heavy atom. The quantitative estimate of drug-likeness (QED) is 0.683. The fourth-order valence-electron chi connectivity index (χ4n) is 2.61. The summed E-state index contributed by atoms with van der Waals surface area (Å²) < 4.78 is 37.9. The van der Waals surface area contributed by atoms with Gasteiger partial charge < -0.3 is 14.8 Å². The van der Waals surface area contributed by atoms with Gasteiger partial charge in [-0.25, -0.2) is 13.1 Å². The summed E-state index contributed by atoms with van der Waals surface area (Å²) in [5, 5.41) is 2.69. The summed E-state index contributed by atoms with van der Waals surface area (Å²) in [7, 11) is -3.82. The highest BCUT2D eigenvalue weighted by Crippen LogP contribution is 2.32. The zero-order valence-electron chi connectivity index (χ0n) is 15.2. The van der Waals surface area contributed by atoms with Gasteiger partial charge in [0.05, 0.1) is 4.90 Å². The van der Waals surface area contributed by atoms with Crippen molar-refractivity contribution in [3.63, 3.8) is 0 Å². The molecule has 3 rings (SSSR count). The maximum atomic E-state index is 12.3. The normalized spacial score (nSPS) is 13.0. The van der Waals surface area contributed by atoms with E-state index in [4.69, 9.17) is 9.47 Å². The van der Waals surface area contributed by atoms with Crippen LogP contribution in [0.1, 0.15) is 23.7 Å². The number of anilines is 1. The highest BCUT2D eigenvalue weighted by molar-refractivity contribution is 7.89. The summed E-state index contributed by atoms with van der Waals surface area (Å²) in [6, 6.07) is 10.8. The van der Waals surface area contributed by atoms with Crippen molar-refractivity contribution >= 4 is 27.4 Å². The molecule has 0 unspecified atom stereocenters. The van der Waals surface area contributed by atoms with Crippen molar-refractivity contribution in [3.8, 4) is 11.5 Å². The van der Waals surface area contributed by atoms with Gasteiger partial charge in [-0.2, -0.15) is 0 Å². The van der Waals surface area contributed by atoms with E-state index in [1.165, 1.54) is 25.1 Å². The Balaban J connectivity index is 1.55. The van der Waals surface area contributed by atoms with Crippen molar-refractivity contribution < 1.29 is 27.5 Å². The number of benzene rings is 2. The monoisotopic (exact) mass is 404 g/mol. The SMILES string of the molecule is CC(=O)c1cccc(S(=O)(=O)NCCC(=O)Nc2ccc3c(c2)OCCO3)c1. The number of nitrogens with one attached hydrogen (secondary N) is 2. The highest BCUT2D eigenvalue weighted by atomic mass is 32.2. The lowest BCUT2D eigenvalue weighted by Gasteiger charge is -2.19. The molecule has 0 aromatic heterocycles. The number of rotatable bonds is 7. The van der Waals surface area contributed by atoms with Crippen LogP contribution in [0.3, 0.4) is 0 Å². The molecule has 0 atom stereocenters. The molecule has 1 amide bonds. The summed E-state index contributed by atoms with van der Waals surface area (Å²) >= 11 is 0. The van der Waals surface area contributed by atoms with E-state index in [0.717, 1.165) is 0 Å². The number of carbonyl (C=O) groups is 2. The Morgan fingerprint density at radius 1 is 1.04 bits per heavy atom. The molecule has 2 aromatic rings. The lowest BCUT2D eigenvalue weighted by atomic mass is 10.2. The maximum absolute atomic E-state index is 12.3. The van der Waals surface area contributed by atoms with Gasteiger partial charge in [-0.1, -0.05) is 12.1 Å². The number of fused-ring (bicyclic) bond motifs is 1. The first kappa shape index (κ1) is 19.8. The predicted octanol–water partition coefficient (Wildman–Crippen LogP) is 1.97. The predicted molar refractivity (Wildman–Crippen MR) is 102 cm³/mol. The Morgan fingerprint density at radius 3 is 2.54 bits per heavy atom. The van der Waals surface area contributed by atoms with Crippen LogP contribution in [0.25, 0.3) is 0 Å². The highest BCUT2D eigenvalue weighted by Gasteiger charge is 2.16. The van der Waals surface area contributed by atoms with Crippen LogP contribution in [0.4, 0.5) is 5.69 Å². The Hall–Kier alpha value is -2.91. The number of amides is 1. The lowest BCUT2D eigenvalue weighted by molar-refractivity contribution is -0.116. The summed E-state index contributed by atoms with van der Waals surface area (Å²) in [4.78, 5) is 23.5. The standard InChI is InChI=1S/C19H20N2O6S/c1-13(22)14-3-2-4-16(11-14)28(24,25)20-8-7-19(23)21-15-5-6-17-18(12-15)27-10-9-26-17/h2-6,11-12,20H,7-10H2,1H3,(H,21,23). The van der Waals surface area contributed by atoms with Crippen molar-refractivity contribution in [2.75, 3.05) is 25.1 Å². The van der Waals surface area contributed by atoms with Crippen molar-refractivity contribution in [3.05, 3.63) is 48.0 Å². The molecule has 1 aliphatic heterocycles. The van der Waals surface area contributed by atoms with E-state index in [-0.39, 0.29) is 29.6 Å². The molecule has 2 aromatic carbocycles. The molecule has 0 bridgehead atoms. The van der Waals surface area contributed by atoms with E-state index in [1.54, 1.807) is 24.3 Å². The van der Waals surface area contributed by atoms with Gasteiger partial charge in [0.2, 0.25) is 15.9 Å². The van der Waals surface area contributed by atoms with Crippen molar-refractivity contribution in [1.82, 2.24) is 4.72 Å². The molecule has 148 valence electrons. The fraction of sp³-hybridized carbons (Fsp3) is 0.263. The van der Waals surface area contributed by atoms with E-state index in [1.807, 2.05) is 0 Å². The van der Waals surface area contributed by atoms with Gasteiger partial charge >= 0.3 is 0 Å². The first-order valence-corrected chi connectivity index (χ1v) is 10.1. The molecule has 0 radical (unpaired) electrons. The van der Waals surface area contributed by atoms with E-state index in [9.17, 15) is 18.0 Å². The lowest BCUT2D eigenvalue weighted by Crippen LogP contribution is -2.28. The zero-order valence-corrected chi connectivity index (χ0v) is 16.0. The summed E-state index contributed by atoms with van der Waals surface area (Å²) in [6.07, 6.45) is -0.0555. The number of ketones is 1. The molecule has 1 heterocycles. The van der Waals surface area contributed by atoms with E-state index in [0.29, 0.717) is 36.0 Å². The molecule has 0 spiro atoms. The summed E-state index contributed by atoms with van der Waals surface area (Å²) in [5.41, 5.74) is 0.838. The minimum atomic E-state index is -3.82. The van der Waals surface area contributed by atoms with Crippen LogP contribution in [0.15, 0.2) is 47.4 Å². The van der Waals surface area contributed by atoms with Gasteiger partial charge in [0.15, 0.2) is 17.3 Å². The summed E-state index contributed by atoms with van der Waals surface area (Å²) in [5.74, 6) is 0.590. The van der Waals surface area contributed by atoms with Crippen molar-refractivity contribution in [2.24, 2.45) is 0 Å². The minimum Gasteiger partial charge on any atom is -0.486 e. The average molecular weight is 404 g/mol. The van der Waals surface area contributed by atoms with E-state index >= 15 is 0 Å². The number of hydrogen-bond acceptors (Lipinski definition) is 6. The smallest absolute Gasteiger partial charge is 0.240 e. The van der Waals surface area contributed by atoms with E-state index in [2.05, 4.69) is 10.0 Å². The molecule has 0 fully saturated rings. The molecule has 0 saturated heterocycles. The Labute approximate surface area is 162 Å². The van der Waals surface area contributed by atoms with Gasteiger partial charge in [0, 0.05) is 30.3 Å². The van der Waals surface area contributed by atoms with Crippen LogP contribution in [0, 0.1) is 0 Å². The van der Waals surface area contributed by atoms with Crippen LogP contribution < -0.4 is 19.5 Å². The third kappa shape index (κ3) is 4.87. The zero-order chi connectivity index (χ0) is 20.1. The second kappa shape index (κ2) is 8.41. The molecule has 0 aliphatic carbocycles. The van der Waals surface area contributed by atoms with Gasteiger partial charge in [0.25, 0.3) is 0 Å². The van der Waals surface area contributed by atoms with Crippen LogP contribution in [-0.2, 0) is 14.8 Å². The summed E-state index contributed by atoms with van der Waals surface area (Å²) in [6.45, 7) is 2.20. The third-order valence-corrected chi connectivity index (χ3v) is 5.48. The average Bonchev–Trinajstić information content (AvgIpc) is 2.68. The third-order valence-electron chi connectivity index (χ3n) is 4.02. The maximum Gasteiger partial charge on any atom is 0.240 e. The Bertz CT molecular complexity index is 1000. The second-order valence-electron chi connectivity index (χ2n) is 6.14.